The van der Waals surface area contributed by atoms with Crippen LogP contribution in [0.3, 0.4) is 0 Å². The molecule has 0 unspecified atom stereocenters. The van der Waals surface area contributed by atoms with Gasteiger partial charge in [-0.1, -0.05) is 6.07 Å². The maximum atomic E-state index is 14.3. The number of rotatable bonds is 2. The van der Waals surface area contributed by atoms with Crippen LogP contribution in [0.4, 0.5) is 10.1 Å². The summed E-state index contributed by atoms with van der Waals surface area (Å²) >= 11 is 0. The first kappa shape index (κ1) is 11.9. The molecular formula is C13H16FN3. The van der Waals surface area contributed by atoms with Crippen LogP contribution in [0.2, 0.25) is 0 Å². The molecule has 2 rings (SSSR count). The molecule has 0 radical (unpaired) electrons. The molecule has 0 bridgehead atoms. The number of nitrogens with one attached hydrogen (secondary N) is 1. The van der Waals surface area contributed by atoms with Crippen LogP contribution < -0.4 is 10.2 Å². The SMILES string of the molecule is CN(C)c1ccc([C@@H]2CCCN2)c(F)c1C#N. The van der Waals surface area contributed by atoms with E-state index in [-0.39, 0.29) is 17.4 Å². The van der Waals surface area contributed by atoms with Crippen molar-refractivity contribution >= 4 is 5.69 Å². The van der Waals surface area contributed by atoms with E-state index < -0.39 is 0 Å². The van der Waals surface area contributed by atoms with Gasteiger partial charge in [0.25, 0.3) is 0 Å². The molecule has 0 saturated carbocycles. The Morgan fingerprint density at radius 3 is 2.76 bits per heavy atom. The topological polar surface area (TPSA) is 39.1 Å². The van der Waals surface area contributed by atoms with Crippen molar-refractivity contribution in [2.75, 3.05) is 25.5 Å². The summed E-state index contributed by atoms with van der Waals surface area (Å²) < 4.78 is 14.3. The maximum Gasteiger partial charge on any atom is 0.147 e. The number of hydrogen-bond donors (Lipinski definition) is 1. The highest BCUT2D eigenvalue weighted by Gasteiger charge is 2.23. The Morgan fingerprint density at radius 1 is 1.47 bits per heavy atom. The molecular weight excluding hydrogens is 217 g/mol. The first-order valence-electron chi connectivity index (χ1n) is 5.78. The third kappa shape index (κ3) is 2.11. The highest BCUT2D eigenvalue weighted by atomic mass is 19.1. The van der Waals surface area contributed by atoms with Gasteiger partial charge in [-0.15, -0.1) is 0 Å². The lowest BCUT2D eigenvalue weighted by Gasteiger charge is -2.18. The standard InChI is InChI=1S/C13H16FN3/c1-17(2)12-6-5-9(11-4-3-7-16-11)13(14)10(12)8-15/h5-6,11,16H,3-4,7H2,1-2H3/t11-/m0/s1. The second-order valence-corrected chi connectivity index (χ2v) is 4.52. The molecule has 1 aliphatic heterocycles. The Labute approximate surface area is 101 Å². The minimum Gasteiger partial charge on any atom is -0.377 e. The van der Waals surface area contributed by atoms with Gasteiger partial charge in [0, 0.05) is 25.7 Å². The normalized spacial score (nSPS) is 19.1. The van der Waals surface area contributed by atoms with E-state index in [0.717, 1.165) is 19.4 Å². The number of nitriles is 1. The van der Waals surface area contributed by atoms with Crippen LogP contribution in [0.5, 0.6) is 0 Å². The molecule has 17 heavy (non-hydrogen) atoms. The van der Waals surface area contributed by atoms with Gasteiger partial charge in [-0.2, -0.15) is 5.26 Å². The van der Waals surface area contributed by atoms with E-state index in [1.807, 2.05) is 26.2 Å². The summed E-state index contributed by atoms with van der Waals surface area (Å²) in [6, 6.07) is 5.62. The highest BCUT2D eigenvalue weighted by Crippen LogP contribution is 2.30. The molecule has 4 heteroatoms. The van der Waals surface area contributed by atoms with Crippen molar-refractivity contribution in [1.82, 2.24) is 5.32 Å². The van der Waals surface area contributed by atoms with Crippen molar-refractivity contribution in [3.63, 3.8) is 0 Å². The molecule has 1 aliphatic rings. The summed E-state index contributed by atoms with van der Waals surface area (Å²) in [5.41, 5.74) is 1.39. The third-order valence-electron chi connectivity index (χ3n) is 3.18. The van der Waals surface area contributed by atoms with E-state index >= 15 is 0 Å². The lowest BCUT2D eigenvalue weighted by Crippen LogP contribution is -2.17. The van der Waals surface area contributed by atoms with Crippen LogP contribution >= 0.6 is 0 Å². The van der Waals surface area contributed by atoms with Crippen molar-refractivity contribution in [3.8, 4) is 6.07 Å². The van der Waals surface area contributed by atoms with Crippen molar-refractivity contribution < 1.29 is 4.39 Å². The fourth-order valence-electron chi connectivity index (χ4n) is 2.28. The summed E-state index contributed by atoms with van der Waals surface area (Å²) in [5.74, 6) is -0.377. The van der Waals surface area contributed by atoms with Gasteiger partial charge >= 0.3 is 0 Å². The van der Waals surface area contributed by atoms with Crippen LogP contribution in [0.1, 0.15) is 30.0 Å². The predicted octanol–water partition coefficient (Wildman–Crippen LogP) is 2.19. The van der Waals surface area contributed by atoms with E-state index in [2.05, 4.69) is 5.32 Å². The number of benzene rings is 1. The minimum absolute atomic E-state index is 0.0540. The molecule has 0 amide bonds. The first-order valence-corrected chi connectivity index (χ1v) is 5.78. The molecule has 1 aromatic carbocycles. The van der Waals surface area contributed by atoms with E-state index in [1.54, 1.807) is 11.0 Å². The van der Waals surface area contributed by atoms with Gasteiger partial charge in [0.2, 0.25) is 0 Å². The molecule has 1 atom stereocenters. The second kappa shape index (κ2) is 4.72. The van der Waals surface area contributed by atoms with Gasteiger partial charge in [-0.05, 0) is 25.5 Å². The van der Waals surface area contributed by atoms with Gasteiger partial charge < -0.3 is 10.2 Å². The monoisotopic (exact) mass is 233 g/mol. The summed E-state index contributed by atoms with van der Waals surface area (Å²) in [4.78, 5) is 1.76. The van der Waals surface area contributed by atoms with Gasteiger partial charge in [0.05, 0.1) is 5.69 Å². The Balaban J connectivity index is 2.47. The number of halogens is 1. The van der Waals surface area contributed by atoms with E-state index in [9.17, 15) is 4.39 Å². The molecule has 0 aliphatic carbocycles. The molecule has 1 N–H and O–H groups in total. The van der Waals surface area contributed by atoms with Crippen molar-refractivity contribution in [2.24, 2.45) is 0 Å². The van der Waals surface area contributed by atoms with E-state index in [1.165, 1.54) is 0 Å². The first-order chi connectivity index (χ1) is 8.15. The van der Waals surface area contributed by atoms with Crippen LogP contribution in [0.15, 0.2) is 12.1 Å². The van der Waals surface area contributed by atoms with Gasteiger partial charge in [0.1, 0.15) is 17.4 Å². The van der Waals surface area contributed by atoms with Crippen LogP contribution in [-0.2, 0) is 0 Å². The average molecular weight is 233 g/mol. The average Bonchev–Trinajstić information content (AvgIpc) is 2.81. The Morgan fingerprint density at radius 2 is 2.24 bits per heavy atom. The molecule has 1 saturated heterocycles. The molecule has 1 aromatic rings. The summed E-state index contributed by atoms with van der Waals surface area (Å²) in [6.45, 7) is 0.918. The Kier molecular flexibility index (Phi) is 3.30. The van der Waals surface area contributed by atoms with Crippen molar-refractivity contribution in [2.45, 2.75) is 18.9 Å². The Bertz CT molecular complexity index is 456. The third-order valence-corrected chi connectivity index (χ3v) is 3.18. The molecule has 0 spiro atoms. The fourth-order valence-corrected chi connectivity index (χ4v) is 2.28. The number of nitrogens with zero attached hydrogens (tertiary/aromatic N) is 2. The van der Waals surface area contributed by atoms with Crippen LogP contribution in [0, 0.1) is 17.1 Å². The van der Waals surface area contributed by atoms with Gasteiger partial charge in [-0.25, -0.2) is 4.39 Å². The van der Waals surface area contributed by atoms with Gasteiger partial charge in [-0.3, -0.25) is 0 Å². The summed E-state index contributed by atoms with van der Waals surface area (Å²) in [6.07, 6.45) is 1.99. The van der Waals surface area contributed by atoms with Crippen molar-refractivity contribution in [3.05, 3.63) is 29.1 Å². The van der Waals surface area contributed by atoms with Crippen LogP contribution in [-0.4, -0.2) is 20.6 Å². The quantitative estimate of drug-likeness (QED) is 0.851. The second-order valence-electron chi connectivity index (χ2n) is 4.52. The van der Waals surface area contributed by atoms with Crippen LogP contribution in [0.25, 0.3) is 0 Å². The summed E-state index contributed by atoms with van der Waals surface area (Å²) in [7, 11) is 3.62. The summed E-state index contributed by atoms with van der Waals surface area (Å²) in [5, 5.41) is 12.3. The molecule has 90 valence electrons. The number of anilines is 1. The minimum atomic E-state index is -0.377. The highest BCUT2D eigenvalue weighted by molar-refractivity contribution is 5.60. The molecule has 3 nitrogen and oxygen atoms in total. The zero-order valence-electron chi connectivity index (χ0n) is 10.1. The Hall–Kier alpha value is -1.60. The van der Waals surface area contributed by atoms with Crippen molar-refractivity contribution in [1.29, 1.82) is 5.26 Å². The molecule has 1 heterocycles. The molecule has 1 fully saturated rings. The fraction of sp³-hybridized carbons (Fsp3) is 0.462. The number of hydrogen-bond acceptors (Lipinski definition) is 3. The lowest BCUT2D eigenvalue weighted by molar-refractivity contribution is 0.556. The molecule has 0 aromatic heterocycles. The zero-order chi connectivity index (χ0) is 12.4. The smallest absolute Gasteiger partial charge is 0.147 e. The zero-order valence-corrected chi connectivity index (χ0v) is 10.1. The lowest BCUT2D eigenvalue weighted by atomic mass is 10.0. The largest absolute Gasteiger partial charge is 0.377 e. The van der Waals surface area contributed by atoms with E-state index in [0.29, 0.717) is 11.3 Å². The van der Waals surface area contributed by atoms with E-state index in [4.69, 9.17) is 5.26 Å². The maximum absolute atomic E-state index is 14.3. The van der Waals surface area contributed by atoms with Gasteiger partial charge in [0.15, 0.2) is 0 Å². The predicted molar refractivity (Wildman–Crippen MR) is 65.4 cm³/mol.